The molecule has 0 atom stereocenters. The van der Waals surface area contributed by atoms with Gasteiger partial charge < -0.3 is 9.84 Å². The van der Waals surface area contributed by atoms with Gasteiger partial charge in [-0.1, -0.05) is 35.5 Å². The average Bonchev–Trinajstić information content (AvgIpc) is 3.08. The highest BCUT2D eigenvalue weighted by Gasteiger charge is 2.15. The standard InChI is InChI=1S/C17H14FN3O4S/c1-26(23,24)21-14-9-12(7-8-13(14)18)19-17(22)15-10-16(25-20-15)11-5-3-2-4-6-11/h2-10,21H,1H3,(H,19,22). The van der Waals surface area contributed by atoms with E-state index in [4.69, 9.17) is 4.52 Å². The number of benzene rings is 2. The zero-order valence-corrected chi connectivity index (χ0v) is 14.4. The molecule has 3 rings (SSSR count). The number of sulfonamides is 1. The van der Waals surface area contributed by atoms with Crippen molar-refractivity contribution in [3.63, 3.8) is 0 Å². The van der Waals surface area contributed by atoms with Crippen LogP contribution in [-0.4, -0.2) is 25.7 Å². The molecule has 9 heteroatoms. The van der Waals surface area contributed by atoms with Gasteiger partial charge in [0.05, 0.1) is 11.9 Å². The third-order valence-corrected chi connectivity index (χ3v) is 3.91. The normalized spacial score (nSPS) is 11.2. The molecule has 3 aromatic rings. The first-order chi connectivity index (χ1) is 12.3. The van der Waals surface area contributed by atoms with E-state index in [1.165, 1.54) is 18.2 Å². The fraction of sp³-hybridized carbons (Fsp3) is 0.0588. The molecule has 1 heterocycles. The molecular weight excluding hydrogens is 361 g/mol. The topological polar surface area (TPSA) is 101 Å². The van der Waals surface area contributed by atoms with Crippen molar-refractivity contribution in [2.75, 3.05) is 16.3 Å². The highest BCUT2D eigenvalue weighted by molar-refractivity contribution is 7.92. The van der Waals surface area contributed by atoms with Gasteiger partial charge in [0.15, 0.2) is 11.5 Å². The molecule has 0 unspecified atom stereocenters. The Morgan fingerprint density at radius 1 is 1.12 bits per heavy atom. The Kier molecular flexibility index (Phi) is 4.72. The van der Waals surface area contributed by atoms with E-state index in [-0.39, 0.29) is 17.1 Å². The number of carbonyl (C=O) groups is 1. The second kappa shape index (κ2) is 6.96. The highest BCUT2D eigenvalue weighted by atomic mass is 32.2. The lowest BCUT2D eigenvalue weighted by molar-refractivity contribution is 0.101. The third-order valence-electron chi connectivity index (χ3n) is 3.32. The van der Waals surface area contributed by atoms with Crippen LogP contribution in [0.15, 0.2) is 59.1 Å². The van der Waals surface area contributed by atoms with Gasteiger partial charge in [0, 0.05) is 17.3 Å². The summed E-state index contributed by atoms with van der Waals surface area (Å²) >= 11 is 0. The second-order valence-corrected chi connectivity index (χ2v) is 7.21. The van der Waals surface area contributed by atoms with Crippen molar-refractivity contribution >= 4 is 27.3 Å². The van der Waals surface area contributed by atoms with Crippen LogP contribution in [0.5, 0.6) is 0 Å². The monoisotopic (exact) mass is 375 g/mol. The smallest absolute Gasteiger partial charge is 0.277 e. The molecule has 0 saturated carbocycles. The number of anilines is 2. The molecule has 0 radical (unpaired) electrons. The molecule has 1 aromatic heterocycles. The van der Waals surface area contributed by atoms with Crippen LogP contribution in [0.25, 0.3) is 11.3 Å². The number of nitrogens with zero attached hydrogens (tertiary/aromatic N) is 1. The molecule has 7 nitrogen and oxygen atoms in total. The number of aromatic nitrogens is 1. The van der Waals surface area contributed by atoms with Gasteiger partial charge in [0.1, 0.15) is 5.82 Å². The van der Waals surface area contributed by atoms with Gasteiger partial charge >= 0.3 is 0 Å². The molecule has 0 bridgehead atoms. The first-order valence-corrected chi connectivity index (χ1v) is 9.32. The van der Waals surface area contributed by atoms with E-state index in [1.807, 2.05) is 35.1 Å². The van der Waals surface area contributed by atoms with Crippen molar-refractivity contribution in [1.82, 2.24) is 5.16 Å². The molecule has 134 valence electrons. The molecule has 0 aliphatic carbocycles. The maximum atomic E-state index is 13.7. The minimum absolute atomic E-state index is 0.0331. The number of nitrogens with one attached hydrogen (secondary N) is 2. The van der Waals surface area contributed by atoms with Crippen molar-refractivity contribution in [1.29, 1.82) is 0 Å². The zero-order chi connectivity index (χ0) is 18.7. The Labute approximate surface area is 148 Å². The van der Waals surface area contributed by atoms with E-state index in [2.05, 4.69) is 10.5 Å². The van der Waals surface area contributed by atoms with Gasteiger partial charge in [-0.25, -0.2) is 12.8 Å². The van der Waals surface area contributed by atoms with Crippen LogP contribution in [0.4, 0.5) is 15.8 Å². The predicted molar refractivity (Wildman–Crippen MR) is 94.8 cm³/mol. The van der Waals surface area contributed by atoms with E-state index in [9.17, 15) is 17.6 Å². The summed E-state index contributed by atoms with van der Waals surface area (Å²) < 4.78 is 43.4. The molecule has 2 N–H and O–H groups in total. The summed E-state index contributed by atoms with van der Waals surface area (Å²) in [6, 6.07) is 14.1. The van der Waals surface area contributed by atoms with E-state index in [0.29, 0.717) is 5.76 Å². The Morgan fingerprint density at radius 3 is 2.54 bits per heavy atom. The van der Waals surface area contributed by atoms with Crippen molar-refractivity contribution in [2.24, 2.45) is 0 Å². The highest BCUT2D eigenvalue weighted by Crippen LogP contribution is 2.23. The second-order valence-electron chi connectivity index (χ2n) is 5.47. The molecule has 0 saturated heterocycles. The quantitative estimate of drug-likeness (QED) is 0.714. The van der Waals surface area contributed by atoms with Gasteiger partial charge in [-0.05, 0) is 18.2 Å². The molecule has 0 aliphatic heterocycles. The number of rotatable bonds is 5. The van der Waals surface area contributed by atoms with Crippen LogP contribution >= 0.6 is 0 Å². The summed E-state index contributed by atoms with van der Waals surface area (Å²) in [6.45, 7) is 0. The molecule has 0 fully saturated rings. The van der Waals surface area contributed by atoms with Gasteiger partial charge in [-0.2, -0.15) is 0 Å². The van der Waals surface area contributed by atoms with Crippen LogP contribution in [-0.2, 0) is 10.0 Å². The fourth-order valence-corrected chi connectivity index (χ4v) is 2.75. The van der Waals surface area contributed by atoms with Crippen molar-refractivity contribution in [3.05, 3.63) is 66.1 Å². The summed E-state index contributed by atoms with van der Waals surface area (Å²) in [5.41, 5.74) is 0.730. The summed E-state index contributed by atoms with van der Waals surface area (Å²) in [5.74, 6) is -0.914. The largest absolute Gasteiger partial charge is 0.355 e. The maximum absolute atomic E-state index is 13.7. The number of amides is 1. The minimum Gasteiger partial charge on any atom is -0.355 e. The summed E-state index contributed by atoms with van der Waals surface area (Å²) in [7, 11) is -3.65. The van der Waals surface area contributed by atoms with Gasteiger partial charge in [-0.3, -0.25) is 9.52 Å². The molecular formula is C17H14FN3O4S. The number of carbonyl (C=O) groups excluding carboxylic acids is 1. The summed E-state index contributed by atoms with van der Waals surface area (Å²) in [4.78, 5) is 12.3. The van der Waals surface area contributed by atoms with Crippen LogP contribution in [0.2, 0.25) is 0 Å². The van der Waals surface area contributed by atoms with Crippen molar-refractivity contribution in [2.45, 2.75) is 0 Å². The summed E-state index contributed by atoms with van der Waals surface area (Å²) in [5, 5.41) is 6.23. The lowest BCUT2D eigenvalue weighted by atomic mass is 10.1. The van der Waals surface area contributed by atoms with E-state index >= 15 is 0 Å². The van der Waals surface area contributed by atoms with Gasteiger partial charge in [0.2, 0.25) is 10.0 Å². The van der Waals surface area contributed by atoms with Crippen LogP contribution < -0.4 is 10.0 Å². The Hall–Kier alpha value is -3.20. The fourth-order valence-electron chi connectivity index (χ4n) is 2.20. The predicted octanol–water partition coefficient (Wildman–Crippen LogP) is 3.10. The number of halogens is 1. The lowest BCUT2D eigenvalue weighted by Crippen LogP contribution is -2.14. The van der Waals surface area contributed by atoms with Gasteiger partial charge in [-0.15, -0.1) is 0 Å². The molecule has 2 aromatic carbocycles. The molecule has 26 heavy (non-hydrogen) atoms. The third kappa shape index (κ3) is 4.25. The molecule has 1 amide bonds. The van der Waals surface area contributed by atoms with E-state index < -0.39 is 21.7 Å². The zero-order valence-electron chi connectivity index (χ0n) is 13.6. The average molecular weight is 375 g/mol. The molecule has 0 aliphatic rings. The lowest BCUT2D eigenvalue weighted by Gasteiger charge is -2.08. The Bertz CT molecular complexity index is 1050. The van der Waals surface area contributed by atoms with E-state index in [1.54, 1.807) is 0 Å². The van der Waals surface area contributed by atoms with E-state index in [0.717, 1.165) is 17.9 Å². The van der Waals surface area contributed by atoms with Gasteiger partial charge in [0.25, 0.3) is 5.91 Å². The first kappa shape index (κ1) is 17.6. The van der Waals surface area contributed by atoms with Crippen LogP contribution in [0.3, 0.4) is 0 Å². The minimum atomic E-state index is -3.65. The summed E-state index contributed by atoms with van der Waals surface area (Å²) in [6.07, 6.45) is 0.901. The first-order valence-electron chi connectivity index (χ1n) is 7.43. The Morgan fingerprint density at radius 2 is 1.85 bits per heavy atom. The van der Waals surface area contributed by atoms with Crippen molar-refractivity contribution < 1.29 is 22.1 Å². The van der Waals surface area contributed by atoms with Crippen LogP contribution in [0, 0.1) is 5.82 Å². The Balaban J connectivity index is 1.78. The number of hydrogen-bond donors (Lipinski definition) is 2. The van der Waals surface area contributed by atoms with Crippen molar-refractivity contribution in [3.8, 4) is 11.3 Å². The maximum Gasteiger partial charge on any atom is 0.277 e. The number of hydrogen-bond acceptors (Lipinski definition) is 5. The van der Waals surface area contributed by atoms with Crippen LogP contribution in [0.1, 0.15) is 10.5 Å². The SMILES string of the molecule is CS(=O)(=O)Nc1cc(NC(=O)c2cc(-c3ccccc3)on2)ccc1F. The molecule has 0 spiro atoms.